The summed E-state index contributed by atoms with van der Waals surface area (Å²) in [7, 11) is 0. The Labute approximate surface area is 128 Å². The Morgan fingerprint density at radius 1 is 1.21 bits per heavy atom. The molecule has 0 bridgehead atoms. The second-order valence-corrected chi connectivity index (χ2v) is 6.41. The van der Waals surface area contributed by atoms with E-state index in [1.807, 2.05) is 20.8 Å². The predicted molar refractivity (Wildman–Crippen MR) is 81.4 cm³/mol. The molecule has 1 aromatic rings. The molecule has 0 aliphatic heterocycles. The smallest absolute Gasteiger partial charge is 0.337 e. The van der Waals surface area contributed by atoms with Gasteiger partial charge in [0.1, 0.15) is 0 Å². The number of anilines is 1. The summed E-state index contributed by atoms with van der Waals surface area (Å²) < 4.78 is 1.16. The summed E-state index contributed by atoms with van der Waals surface area (Å²) >= 11 is 6.50. The fraction of sp³-hybridized carbons (Fsp3) is 0.385. The second kappa shape index (κ2) is 6.52. The summed E-state index contributed by atoms with van der Waals surface area (Å²) in [6.07, 6.45) is 0. The molecule has 6 heteroatoms. The van der Waals surface area contributed by atoms with Gasteiger partial charge >= 0.3 is 5.97 Å². The lowest BCUT2D eigenvalue weighted by Gasteiger charge is -2.17. The first-order valence-electron chi connectivity index (χ1n) is 5.77. The maximum atomic E-state index is 12.0. The Morgan fingerprint density at radius 3 is 2.26 bits per heavy atom. The zero-order valence-corrected chi connectivity index (χ0v) is 14.0. The molecule has 1 aromatic carbocycles. The molecule has 4 nitrogen and oxygen atoms in total. The van der Waals surface area contributed by atoms with Crippen molar-refractivity contribution in [1.82, 2.24) is 0 Å². The zero-order valence-electron chi connectivity index (χ0n) is 10.8. The average Bonchev–Trinajstić information content (AvgIpc) is 2.30. The van der Waals surface area contributed by atoms with Crippen molar-refractivity contribution < 1.29 is 14.7 Å². The Bertz CT molecular complexity index is 515. The van der Waals surface area contributed by atoms with Crippen LogP contribution in [0.2, 0.25) is 0 Å². The number of carbonyl (C=O) groups is 2. The molecule has 0 spiro atoms. The SMILES string of the molecule is CC(C)C(C)C(=O)Nc1c(Br)cc(Br)cc1C(=O)O. The van der Waals surface area contributed by atoms with Gasteiger partial charge in [0.2, 0.25) is 5.91 Å². The maximum Gasteiger partial charge on any atom is 0.337 e. The Hall–Kier alpha value is -0.880. The van der Waals surface area contributed by atoms with Gasteiger partial charge in [-0.15, -0.1) is 0 Å². The van der Waals surface area contributed by atoms with E-state index in [-0.39, 0.29) is 29.0 Å². The fourth-order valence-corrected chi connectivity index (χ4v) is 2.73. The van der Waals surface area contributed by atoms with Crippen LogP contribution in [0.1, 0.15) is 31.1 Å². The van der Waals surface area contributed by atoms with Gasteiger partial charge in [0.15, 0.2) is 0 Å². The van der Waals surface area contributed by atoms with Crippen LogP contribution in [0.25, 0.3) is 0 Å². The van der Waals surface area contributed by atoms with Gasteiger partial charge in [0.25, 0.3) is 0 Å². The number of hydrogen-bond donors (Lipinski definition) is 2. The monoisotopic (exact) mass is 391 g/mol. The molecule has 0 aliphatic carbocycles. The molecule has 0 radical (unpaired) electrons. The molecule has 0 fully saturated rings. The van der Waals surface area contributed by atoms with Crippen LogP contribution >= 0.6 is 31.9 Å². The molecule has 104 valence electrons. The number of carboxylic acids is 1. The van der Waals surface area contributed by atoms with Crippen LogP contribution in [-0.4, -0.2) is 17.0 Å². The maximum absolute atomic E-state index is 12.0. The number of benzene rings is 1. The van der Waals surface area contributed by atoms with Gasteiger partial charge in [0.05, 0.1) is 11.3 Å². The minimum absolute atomic E-state index is 0.0468. The molecule has 1 unspecified atom stereocenters. The Balaban J connectivity index is 3.14. The van der Waals surface area contributed by atoms with E-state index in [4.69, 9.17) is 0 Å². The molecule has 0 heterocycles. The molecule has 1 amide bonds. The molecule has 1 atom stereocenters. The first-order chi connectivity index (χ1) is 8.73. The minimum atomic E-state index is -1.09. The molecule has 1 rings (SSSR count). The molecule has 19 heavy (non-hydrogen) atoms. The van der Waals surface area contributed by atoms with Gasteiger partial charge in [0, 0.05) is 14.9 Å². The number of amides is 1. The third-order valence-electron chi connectivity index (χ3n) is 2.95. The standard InChI is InChI=1S/C13H15Br2NO3/c1-6(2)7(3)12(17)16-11-9(13(18)19)4-8(14)5-10(11)15/h4-7H,1-3H3,(H,16,17)(H,18,19). The molecule has 2 N–H and O–H groups in total. The third kappa shape index (κ3) is 4.04. The first-order valence-corrected chi connectivity index (χ1v) is 7.35. The van der Waals surface area contributed by atoms with Crippen molar-refractivity contribution in [1.29, 1.82) is 0 Å². The Morgan fingerprint density at radius 2 is 1.79 bits per heavy atom. The van der Waals surface area contributed by atoms with E-state index in [9.17, 15) is 14.7 Å². The average molecular weight is 393 g/mol. The zero-order chi connectivity index (χ0) is 14.7. The molecular formula is C13H15Br2NO3. The number of hydrogen-bond acceptors (Lipinski definition) is 2. The highest BCUT2D eigenvalue weighted by molar-refractivity contribution is 9.11. The van der Waals surface area contributed by atoms with Crippen molar-refractivity contribution in [3.8, 4) is 0 Å². The quantitative estimate of drug-likeness (QED) is 0.809. The lowest BCUT2D eigenvalue weighted by molar-refractivity contribution is -0.120. The van der Waals surface area contributed by atoms with E-state index >= 15 is 0 Å². The summed E-state index contributed by atoms with van der Waals surface area (Å²) in [6, 6.07) is 3.16. The van der Waals surface area contributed by atoms with E-state index in [0.29, 0.717) is 8.95 Å². The van der Waals surface area contributed by atoms with Crippen molar-refractivity contribution in [2.45, 2.75) is 20.8 Å². The number of aromatic carboxylic acids is 1. The summed E-state index contributed by atoms with van der Waals surface area (Å²) in [6.45, 7) is 5.70. The number of rotatable bonds is 4. The normalized spacial score (nSPS) is 12.3. The highest BCUT2D eigenvalue weighted by Gasteiger charge is 2.21. The number of halogens is 2. The topological polar surface area (TPSA) is 66.4 Å². The van der Waals surface area contributed by atoms with Crippen molar-refractivity contribution >= 4 is 49.4 Å². The highest BCUT2D eigenvalue weighted by Crippen LogP contribution is 2.31. The van der Waals surface area contributed by atoms with Crippen LogP contribution in [-0.2, 0) is 4.79 Å². The van der Waals surface area contributed by atoms with E-state index in [0.717, 1.165) is 0 Å². The molecule has 0 aliphatic rings. The van der Waals surface area contributed by atoms with Gasteiger partial charge < -0.3 is 10.4 Å². The van der Waals surface area contributed by atoms with Crippen LogP contribution in [0.3, 0.4) is 0 Å². The number of carboxylic acid groups (broad SMARTS) is 1. The second-order valence-electron chi connectivity index (χ2n) is 4.64. The van der Waals surface area contributed by atoms with Crippen LogP contribution in [0.5, 0.6) is 0 Å². The summed E-state index contributed by atoms with van der Waals surface area (Å²) in [4.78, 5) is 23.2. The van der Waals surface area contributed by atoms with Crippen LogP contribution < -0.4 is 5.32 Å². The number of carbonyl (C=O) groups excluding carboxylic acids is 1. The van der Waals surface area contributed by atoms with Crippen molar-refractivity contribution in [3.63, 3.8) is 0 Å². The Kier molecular flexibility index (Phi) is 5.55. The summed E-state index contributed by atoms with van der Waals surface area (Å²) in [5.41, 5.74) is 0.332. The van der Waals surface area contributed by atoms with E-state index in [2.05, 4.69) is 37.2 Å². The van der Waals surface area contributed by atoms with Gasteiger partial charge in [-0.05, 0) is 34.0 Å². The van der Waals surface area contributed by atoms with Crippen LogP contribution in [0.15, 0.2) is 21.1 Å². The summed E-state index contributed by atoms with van der Waals surface area (Å²) in [5, 5.41) is 11.9. The van der Waals surface area contributed by atoms with Gasteiger partial charge in [-0.1, -0.05) is 36.7 Å². The molecule has 0 aromatic heterocycles. The van der Waals surface area contributed by atoms with Crippen molar-refractivity contribution in [3.05, 3.63) is 26.6 Å². The van der Waals surface area contributed by atoms with Crippen molar-refractivity contribution in [2.24, 2.45) is 11.8 Å². The summed E-state index contributed by atoms with van der Waals surface area (Å²) in [5.74, 6) is -1.30. The van der Waals surface area contributed by atoms with Crippen LogP contribution in [0.4, 0.5) is 5.69 Å². The predicted octanol–water partition coefficient (Wildman–Crippen LogP) is 4.14. The minimum Gasteiger partial charge on any atom is -0.478 e. The third-order valence-corrected chi connectivity index (χ3v) is 4.03. The van der Waals surface area contributed by atoms with Crippen LogP contribution in [0, 0.1) is 11.8 Å². The largest absolute Gasteiger partial charge is 0.478 e. The molecule has 0 saturated heterocycles. The number of nitrogens with one attached hydrogen (secondary N) is 1. The van der Waals surface area contributed by atoms with E-state index in [1.54, 1.807) is 6.07 Å². The van der Waals surface area contributed by atoms with Crippen molar-refractivity contribution in [2.75, 3.05) is 5.32 Å². The van der Waals surface area contributed by atoms with Gasteiger partial charge in [-0.25, -0.2) is 4.79 Å². The lowest BCUT2D eigenvalue weighted by atomic mass is 9.97. The first kappa shape index (κ1) is 16.2. The molecule has 0 saturated carbocycles. The van der Waals surface area contributed by atoms with E-state index < -0.39 is 5.97 Å². The fourth-order valence-electron chi connectivity index (χ4n) is 1.41. The van der Waals surface area contributed by atoms with E-state index in [1.165, 1.54) is 6.07 Å². The molecular weight excluding hydrogens is 378 g/mol. The highest BCUT2D eigenvalue weighted by atomic mass is 79.9. The lowest BCUT2D eigenvalue weighted by Crippen LogP contribution is -2.25. The van der Waals surface area contributed by atoms with Gasteiger partial charge in [-0.3, -0.25) is 4.79 Å². The van der Waals surface area contributed by atoms with Gasteiger partial charge in [-0.2, -0.15) is 0 Å².